The van der Waals surface area contributed by atoms with Gasteiger partial charge in [-0.15, -0.1) is 0 Å². The lowest BCUT2D eigenvalue weighted by atomic mass is 10.1. The summed E-state index contributed by atoms with van der Waals surface area (Å²) in [5.74, 6) is -0.613. The fourth-order valence-electron chi connectivity index (χ4n) is 2.99. The highest BCUT2D eigenvalue weighted by Gasteiger charge is 2.35. The number of rotatable bonds is 5. The minimum Gasteiger partial charge on any atom is -0.399 e. The van der Waals surface area contributed by atoms with Crippen molar-refractivity contribution in [3.8, 4) is 0 Å². The number of nitrogens with two attached hydrogens (primary N) is 1. The molecule has 0 spiro atoms. The summed E-state index contributed by atoms with van der Waals surface area (Å²) in [4.78, 5) is 26.2. The highest BCUT2D eigenvalue weighted by Crippen LogP contribution is 2.30. The summed E-state index contributed by atoms with van der Waals surface area (Å²) in [6.07, 6.45) is 0.887. The number of nitrogen functional groups attached to an aromatic ring is 1. The molecule has 1 unspecified atom stereocenters. The molecule has 0 aromatic heterocycles. The second kappa shape index (κ2) is 7.98. The first-order chi connectivity index (χ1) is 12.4. The Morgan fingerprint density at radius 2 is 1.81 bits per heavy atom. The van der Waals surface area contributed by atoms with Crippen molar-refractivity contribution in [3.05, 3.63) is 58.1 Å². The van der Waals surface area contributed by atoms with Gasteiger partial charge in [0.25, 0.3) is 0 Å². The number of nitrogens with one attached hydrogen (secondary N) is 1. The van der Waals surface area contributed by atoms with Gasteiger partial charge in [-0.2, -0.15) is 0 Å². The maximum atomic E-state index is 12.4. The average Bonchev–Trinajstić information content (AvgIpc) is 2.98. The van der Waals surface area contributed by atoms with E-state index >= 15 is 0 Å². The van der Waals surface area contributed by atoms with E-state index in [4.69, 9.17) is 28.9 Å². The molecule has 2 aromatic rings. The largest absolute Gasteiger partial charge is 0.399 e. The molecule has 5 nitrogen and oxygen atoms in total. The molecule has 136 valence electrons. The van der Waals surface area contributed by atoms with Crippen molar-refractivity contribution in [3.63, 3.8) is 0 Å². The van der Waals surface area contributed by atoms with Crippen molar-refractivity contribution < 1.29 is 9.59 Å². The van der Waals surface area contributed by atoms with E-state index in [9.17, 15) is 9.59 Å². The van der Waals surface area contributed by atoms with Crippen LogP contribution in [0, 0.1) is 5.92 Å². The van der Waals surface area contributed by atoms with Gasteiger partial charge in [0, 0.05) is 40.9 Å². The van der Waals surface area contributed by atoms with Gasteiger partial charge in [-0.25, -0.2) is 0 Å². The van der Waals surface area contributed by atoms with Crippen LogP contribution in [-0.4, -0.2) is 24.9 Å². The van der Waals surface area contributed by atoms with Crippen LogP contribution < -0.4 is 16.0 Å². The van der Waals surface area contributed by atoms with Crippen LogP contribution >= 0.6 is 23.2 Å². The van der Waals surface area contributed by atoms with Crippen molar-refractivity contribution in [1.82, 2.24) is 5.32 Å². The van der Waals surface area contributed by atoms with Gasteiger partial charge >= 0.3 is 0 Å². The Balaban J connectivity index is 1.55. The number of carbonyl (C=O) groups is 2. The van der Waals surface area contributed by atoms with Crippen LogP contribution in [0.2, 0.25) is 10.0 Å². The lowest BCUT2D eigenvalue weighted by molar-refractivity contribution is -0.126. The Labute approximate surface area is 162 Å². The first-order valence-corrected chi connectivity index (χ1v) is 9.06. The number of hydrogen-bond acceptors (Lipinski definition) is 3. The van der Waals surface area contributed by atoms with E-state index in [0.29, 0.717) is 40.9 Å². The Kier molecular flexibility index (Phi) is 5.69. The highest BCUT2D eigenvalue weighted by molar-refractivity contribution is 6.35. The van der Waals surface area contributed by atoms with Crippen LogP contribution in [0.4, 0.5) is 11.4 Å². The molecule has 1 aliphatic heterocycles. The molecule has 1 atom stereocenters. The molecule has 0 aliphatic carbocycles. The van der Waals surface area contributed by atoms with E-state index in [1.807, 2.05) is 24.3 Å². The monoisotopic (exact) mass is 391 g/mol. The van der Waals surface area contributed by atoms with Crippen LogP contribution in [0.15, 0.2) is 42.5 Å². The Morgan fingerprint density at radius 1 is 1.15 bits per heavy atom. The molecule has 26 heavy (non-hydrogen) atoms. The highest BCUT2D eigenvalue weighted by atomic mass is 35.5. The SMILES string of the molecule is Nc1ccc(CCNC(=O)C2CC(=O)N(c3cc(Cl)cc(Cl)c3)C2)cc1. The minimum atomic E-state index is -0.383. The predicted molar refractivity (Wildman–Crippen MR) is 104 cm³/mol. The van der Waals surface area contributed by atoms with Gasteiger partial charge in [-0.3, -0.25) is 9.59 Å². The number of halogens is 2. The summed E-state index contributed by atoms with van der Waals surface area (Å²) in [5.41, 5.74) is 8.08. The minimum absolute atomic E-state index is 0.109. The summed E-state index contributed by atoms with van der Waals surface area (Å²) in [6, 6.07) is 12.5. The number of carbonyl (C=O) groups excluding carboxylic acids is 2. The van der Waals surface area contributed by atoms with Gasteiger partial charge in [0.1, 0.15) is 0 Å². The smallest absolute Gasteiger partial charge is 0.227 e. The third-order valence-corrected chi connectivity index (χ3v) is 4.78. The zero-order valence-electron chi connectivity index (χ0n) is 14.0. The lowest BCUT2D eigenvalue weighted by Gasteiger charge is -2.17. The fraction of sp³-hybridized carbons (Fsp3) is 0.263. The molecular weight excluding hydrogens is 373 g/mol. The lowest BCUT2D eigenvalue weighted by Crippen LogP contribution is -2.34. The molecule has 2 aromatic carbocycles. The van der Waals surface area contributed by atoms with Gasteiger partial charge in [0.2, 0.25) is 11.8 Å². The van der Waals surface area contributed by atoms with Crippen molar-refractivity contribution in [2.24, 2.45) is 5.92 Å². The number of hydrogen-bond donors (Lipinski definition) is 2. The Hall–Kier alpha value is -2.24. The van der Waals surface area contributed by atoms with E-state index in [2.05, 4.69) is 5.32 Å². The van der Waals surface area contributed by atoms with E-state index in [1.165, 1.54) is 0 Å². The normalized spacial score (nSPS) is 16.8. The Morgan fingerprint density at radius 3 is 2.46 bits per heavy atom. The molecule has 1 saturated heterocycles. The van der Waals surface area contributed by atoms with E-state index < -0.39 is 0 Å². The molecule has 1 fully saturated rings. The molecule has 3 N–H and O–H groups in total. The van der Waals surface area contributed by atoms with Gasteiger partial charge < -0.3 is 16.0 Å². The third-order valence-electron chi connectivity index (χ3n) is 4.35. The van der Waals surface area contributed by atoms with Gasteiger partial charge in [0.05, 0.1) is 5.92 Å². The van der Waals surface area contributed by atoms with E-state index in [-0.39, 0.29) is 24.2 Å². The summed E-state index contributed by atoms with van der Waals surface area (Å²) in [6.45, 7) is 0.833. The maximum absolute atomic E-state index is 12.4. The molecular formula is C19H19Cl2N3O2. The maximum Gasteiger partial charge on any atom is 0.227 e. The number of nitrogens with zero attached hydrogens (tertiary/aromatic N) is 1. The van der Waals surface area contributed by atoms with Crippen LogP contribution in [0.1, 0.15) is 12.0 Å². The molecule has 0 bridgehead atoms. The number of amides is 2. The summed E-state index contributed by atoms with van der Waals surface area (Å²) >= 11 is 12.0. The van der Waals surface area contributed by atoms with Crippen molar-refractivity contribution >= 4 is 46.4 Å². The fourth-order valence-corrected chi connectivity index (χ4v) is 3.50. The topological polar surface area (TPSA) is 75.4 Å². The summed E-state index contributed by atoms with van der Waals surface area (Å²) < 4.78 is 0. The third kappa shape index (κ3) is 4.48. The zero-order chi connectivity index (χ0) is 18.7. The summed E-state index contributed by atoms with van der Waals surface area (Å²) in [5, 5.41) is 3.81. The van der Waals surface area contributed by atoms with E-state index in [1.54, 1.807) is 23.1 Å². The van der Waals surface area contributed by atoms with Crippen molar-refractivity contribution in [2.45, 2.75) is 12.8 Å². The molecule has 3 rings (SSSR count). The second-order valence-corrected chi connectivity index (χ2v) is 7.19. The molecule has 1 aliphatic rings. The average molecular weight is 392 g/mol. The Bertz CT molecular complexity index is 804. The van der Waals surface area contributed by atoms with Gasteiger partial charge in [-0.1, -0.05) is 35.3 Å². The zero-order valence-corrected chi connectivity index (χ0v) is 15.6. The van der Waals surface area contributed by atoms with Gasteiger partial charge in [-0.05, 0) is 42.3 Å². The van der Waals surface area contributed by atoms with Crippen molar-refractivity contribution in [2.75, 3.05) is 23.7 Å². The first kappa shape index (κ1) is 18.5. The van der Waals surface area contributed by atoms with Crippen LogP contribution in [0.3, 0.4) is 0 Å². The van der Waals surface area contributed by atoms with Crippen LogP contribution in [0.25, 0.3) is 0 Å². The van der Waals surface area contributed by atoms with Crippen molar-refractivity contribution in [1.29, 1.82) is 0 Å². The quantitative estimate of drug-likeness (QED) is 0.767. The van der Waals surface area contributed by atoms with Crippen LogP contribution in [0.5, 0.6) is 0 Å². The molecule has 7 heteroatoms. The van der Waals surface area contributed by atoms with Gasteiger partial charge in [0.15, 0.2) is 0 Å². The molecule has 1 heterocycles. The molecule has 0 saturated carbocycles. The number of anilines is 2. The standard InChI is InChI=1S/C19H19Cl2N3O2/c20-14-8-15(21)10-17(9-14)24-11-13(7-18(24)25)19(26)23-6-5-12-1-3-16(22)4-2-12/h1-4,8-10,13H,5-7,11,22H2,(H,23,26). The molecule has 2 amide bonds. The van der Waals surface area contributed by atoms with E-state index in [0.717, 1.165) is 5.56 Å². The van der Waals surface area contributed by atoms with Crippen LogP contribution in [-0.2, 0) is 16.0 Å². The predicted octanol–water partition coefficient (Wildman–Crippen LogP) is 3.29. The first-order valence-electron chi connectivity index (χ1n) is 8.31. The molecule has 0 radical (unpaired) electrons. The number of benzene rings is 2. The summed E-state index contributed by atoms with van der Waals surface area (Å²) in [7, 11) is 0. The second-order valence-electron chi connectivity index (χ2n) is 6.32.